The van der Waals surface area contributed by atoms with Gasteiger partial charge in [0.25, 0.3) is 0 Å². The van der Waals surface area contributed by atoms with Gasteiger partial charge in [-0.05, 0) is 31.2 Å². The smallest absolute Gasteiger partial charge is 0.329 e. The van der Waals surface area contributed by atoms with Crippen molar-refractivity contribution in [2.24, 2.45) is 0 Å². The molecular weight excluding hydrogens is 368 g/mol. The van der Waals surface area contributed by atoms with Crippen molar-refractivity contribution < 1.29 is 9.53 Å². The molecule has 1 aliphatic heterocycles. The molecule has 1 aromatic heterocycles. The Kier molecular flexibility index (Phi) is 5.29. The molecule has 29 heavy (non-hydrogen) atoms. The molecule has 2 aromatic carbocycles. The highest BCUT2D eigenvalue weighted by Gasteiger charge is 2.24. The van der Waals surface area contributed by atoms with Crippen LogP contribution in [0.25, 0.3) is 11.0 Å². The zero-order valence-corrected chi connectivity index (χ0v) is 16.9. The molecule has 2 heterocycles. The van der Waals surface area contributed by atoms with Crippen molar-refractivity contribution in [2.45, 2.75) is 20.0 Å². The van der Waals surface area contributed by atoms with E-state index in [2.05, 4.69) is 4.90 Å². The molecule has 0 unspecified atom stereocenters. The number of imidazole rings is 1. The maximum absolute atomic E-state index is 12.9. The lowest BCUT2D eigenvalue weighted by Gasteiger charge is -2.36. The number of hydrogen-bond acceptors (Lipinski definition) is 4. The van der Waals surface area contributed by atoms with Gasteiger partial charge in [-0.2, -0.15) is 0 Å². The highest BCUT2D eigenvalue weighted by atomic mass is 16.5. The van der Waals surface area contributed by atoms with Crippen molar-refractivity contribution in [3.05, 3.63) is 59.0 Å². The lowest BCUT2D eigenvalue weighted by Crippen LogP contribution is -2.50. The van der Waals surface area contributed by atoms with Crippen LogP contribution in [0.1, 0.15) is 6.92 Å². The Balaban J connectivity index is 1.48. The van der Waals surface area contributed by atoms with Gasteiger partial charge >= 0.3 is 5.69 Å². The van der Waals surface area contributed by atoms with Gasteiger partial charge in [0.1, 0.15) is 12.3 Å². The maximum atomic E-state index is 12.9. The van der Waals surface area contributed by atoms with Gasteiger partial charge in [0.2, 0.25) is 5.91 Å². The molecule has 4 rings (SSSR count). The molecule has 0 aliphatic carbocycles. The first-order valence-corrected chi connectivity index (χ1v) is 9.97. The second kappa shape index (κ2) is 8.03. The van der Waals surface area contributed by atoms with Crippen molar-refractivity contribution in [1.29, 1.82) is 0 Å². The first-order chi connectivity index (χ1) is 14.1. The van der Waals surface area contributed by atoms with Crippen LogP contribution in [0.5, 0.6) is 5.75 Å². The highest BCUT2D eigenvalue weighted by Crippen LogP contribution is 2.28. The summed E-state index contributed by atoms with van der Waals surface area (Å²) < 4.78 is 8.76. The van der Waals surface area contributed by atoms with Crippen LogP contribution in [0.4, 0.5) is 5.69 Å². The van der Waals surface area contributed by atoms with E-state index in [1.807, 2.05) is 60.4 Å². The molecule has 0 saturated carbocycles. The molecule has 1 saturated heterocycles. The number of hydrogen-bond donors (Lipinski definition) is 0. The molecule has 1 aliphatic rings. The standard InChI is InChI=1S/C22H26N4O3/c1-3-25-17-8-4-5-9-18(17)26(22(25)28)16-21(27)24-14-12-23(13-15-24)19-10-6-7-11-20(19)29-2/h4-11H,3,12-16H2,1-2H3. The minimum Gasteiger partial charge on any atom is -0.495 e. The number of para-hydroxylation sites is 4. The van der Waals surface area contributed by atoms with E-state index in [0.717, 1.165) is 35.6 Å². The molecular formula is C22H26N4O3. The average molecular weight is 394 g/mol. The zero-order valence-electron chi connectivity index (χ0n) is 16.9. The van der Waals surface area contributed by atoms with Gasteiger partial charge in [0, 0.05) is 32.7 Å². The molecule has 3 aromatic rings. The molecule has 1 amide bonds. The summed E-state index contributed by atoms with van der Waals surface area (Å²) >= 11 is 0. The van der Waals surface area contributed by atoms with E-state index < -0.39 is 0 Å². The number of amides is 1. The summed E-state index contributed by atoms with van der Waals surface area (Å²) in [5.41, 5.74) is 2.59. The van der Waals surface area contributed by atoms with E-state index in [0.29, 0.717) is 19.6 Å². The predicted molar refractivity (Wildman–Crippen MR) is 114 cm³/mol. The Morgan fingerprint density at radius 3 is 2.21 bits per heavy atom. The van der Waals surface area contributed by atoms with E-state index in [9.17, 15) is 9.59 Å². The largest absolute Gasteiger partial charge is 0.495 e. The first-order valence-electron chi connectivity index (χ1n) is 9.97. The number of nitrogens with zero attached hydrogens (tertiary/aromatic N) is 4. The fourth-order valence-corrected chi connectivity index (χ4v) is 4.05. The van der Waals surface area contributed by atoms with Crippen LogP contribution >= 0.6 is 0 Å². The predicted octanol–water partition coefficient (Wildman–Crippen LogP) is 2.18. The summed E-state index contributed by atoms with van der Waals surface area (Å²) in [7, 11) is 1.67. The third-order valence-electron chi connectivity index (χ3n) is 5.59. The Labute approximate surface area is 169 Å². The number of carbonyl (C=O) groups excluding carboxylic acids is 1. The second-order valence-electron chi connectivity index (χ2n) is 7.14. The van der Waals surface area contributed by atoms with Crippen molar-refractivity contribution in [2.75, 3.05) is 38.2 Å². The van der Waals surface area contributed by atoms with Crippen molar-refractivity contribution in [1.82, 2.24) is 14.0 Å². The molecule has 152 valence electrons. The van der Waals surface area contributed by atoms with E-state index >= 15 is 0 Å². The van der Waals surface area contributed by atoms with E-state index in [4.69, 9.17) is 4.74 Å². The first kappa shape index (κ1) is 19.1. The van der Waals surface area contributed by atoms with Gasteiger partial charge < -0.3 is 14.5 Å². The molecule has 0 spiro atoms. The number of carbonyl (C=O) groups is 1. The molecule has 0 atom stereocenters. The summed E-state index contributed by atoms with van der Waals surface area (Å²) in [6.45, 7) is 5.31. The Morgan fingerprint density at radius 1 is 0.931 bits per heavy atom. The highest BCUT2D eigenvalue weighted by molar-refractivity contribution is 5.81. The number of aryl methyl sites for hydroxylation is 1. The Bertz CT molecular complexity index is 1080. The molecule has 0 radical (unpaired) electrons. The third-order valence-corrected chi connectivity index (χ3v) is 5.59. The van der Waals surface area contributed by atoms with Gasteiger partial charge in [-0.1, -0.05) is 24.3 Å². The molecule has 0 N–H and O–H groups in total. The Hall–Kier alpha value is -3.22. The van der Waals surface area contributed by atoms with Gasteiger partial charge in [0.15, 0.2) is 0 Å². The van der Waals surface area contributed by atoms with Gasteiger partial charge in [-0.25, -0.2) is 4.79 Å². The minimum absolute atomic E-state index is 0.0224. The van der Waals surface area contributed by atoms with Crippen molar-refractivity contribution in [3.63, 3.8) is 0 Å². The van der Waals surface area contributed by atoms with Crippen LogP contribution in [-0.2, 0) is 17.9 Å². The van der Waals surface area contributed by atoms with Gasteiger partial charge in [0.05, 0.1) is 23.8 Å². The number of benzene rings is 2. The normalized spacial score (nSPS) is 14.4. The lowest BCUT2D eigenvalue weighted by molar-refractivity contribution is -0.132. The third kappa shape index (κ3) is 3.48. The van der Waals surface area contributed by atoms with E-state index in [-0.39, 0.29) is 18.1 Å². The fourth-order valence-electron chi connectivity index (χ4n) is 4.05. The summed E-state index contributed by atoms with van der Waals surface area (Å²) in [5, 5.41) is 0. The number of piperazine rings is 1. The minimum atomic E-state index is -0.130. The monoisotopic (exact) mass is 394 g/mol. The van der Waals surface area contributed by atoms with E-state index in [1.165, 1.54) is 0 Å². The van der Waals surface area contributed by atoms with Crippen LogP contribution in [0.2, 0.25) is 0 Å². The topological polar surface area (TPSA) is 59.7 Å². The number of rotatable bonds is 5. The number of ether oxygens (including phenoxy) is 1. The van der Waals surface area contributed by atoms with Gasteiger partial charge in [-0.15, -0.1) is 0 Å². The van der Waals surface area contributed by atoms with E-state index in [1.54, 1.807) is 16.2 Å². The molecule has 7 heteroatoms. The quantitative estimate of drug-likeness (QED) is 0.666. The SMILES string of the molecule is CCn1c(=O)n(CC(=O)N2CCN(c3ccccc3OC)CC2)c2ccccc21. The summed E-state index contributed by atoms with van der Waals surface area (Å²) in [6.07, 6.45) is 0. The maximum Gasteiger partial charge on any atom is 0.329 e. The lowest BCUT2D eigenvalue weighted by atomic mass is 10.2. The Morgan fingerprint density at radius 2 is 1.55 bits per heavy atom. The van der Waals surface area contributed by atoms with Crippen LogP contribution in [0.15, 0.2) is 53.3 Å². The van der Waals surface area contributed by atoms with Crippen LogP contribution in [0.3, 0.4) is 0 Å². The number of anilines is 1. The fraction of sp³-hybridized carbons (Fsp3) is 0.364. The summed E-state index contributed by atoms with van der Waals surface area (Å²) in [4.78, 5) is 29.8. The zero-order chi connectivity index (χ0) is 20.4. The summed E-state index contributed by atoms with van der Waals surface area (Å²) in [6, 6.07) is 15.6. The van der Waals surface area contributed by atoms with Crippen LogP contribution in [0, 0.1) is 0 Å². The van der Waals surface area contributed by atoms with Crippen molar-refractivity contribution >= 4 is 22.6 Å². The number of fused-ring (bicyclic) bond motifs is 1. The van der Waals surface area contributed by atoms with Gasteiger partial charge in [-0.3, -0.25) is 13.9 Å². The van der Waals surface area contributed by atoms with Crippen LogP contribution < -0.4 is 15.3 Å². The molecule has 7 nitrogen and oxygen atoms in total. The number of aromatic nitrogens is 2. The van der Waals surface area contributed by atoms with Crippen molar-refractivity contribution in [3.8, 4) is 5.75 Å². The molecule has 1 fully saturated rings. The molecule has 0 bridgehead atoms. The number of methoxy groups -OCH3 is 1. The van der Waals surface area contributed by atoms with Crippen LogP contribution in [-0.4, -0.2) is 53.2 Å². The second-order valence-corrected chi connectivity index (χ2v) is 7.14. The summed E-state index contributed by atoms with van der Waals surface area (Å²) in [5.74, 6) is 0.817. The average Bonchev–Trinajstić information content (AvgIpc) is 3.04.